The summed E-state index contributed by atoms with van der Waals surface area (Å²) in [5, 5.41) is 5.45. The third-order valence-electron chi connectivity index (χ3n) is 5.64. The smallest absolute Gasteiger partial charge is 0.227 e. The average molecular weight is 396 g/mol. The molecule has 1 aliphatic rings. The van der Waals surface area contributed by atoms with Gasteiger partial charge < -0.3 is 19.5 Å². The first kappa shape index (κ1) is 19.7. The number of nitrogens with one attached hydrogen (secondary N) is 1. The third-order valence-corrected chi connectivity index (χ3v) is 5.64. The zero-order valence-corrected chi connectivity index (χ0v) is 17.6. The van der Waals surface area contributed by atoms with E-state index in [0.29, 0.717) is 19.6 Å². The first-order chi connectivity index (χ1) is 13.9. The van der Waals surface area contributed by atoms with Crippen LogP contribution in [0.15, 0.2) is 36.7 Å². The van der Waals surface area contributed by atoms with Gasteiger partial charge in [0.25, 0.3) is 0 Å². The van der Waals surface area contributed by atoms with Crippen LogP contribution < -0.4 is 0 Å². The number of aromatic amines is 1. The lowest BCUT2D eigenvalue weighted by molar-refractivity contribution is -0.147. The van der Waals surface area contributed by atoms with Gasteiger partial charge in [-0.1, -0.05) is 18.2 Å². The number of aromatic nitrogens is 3. The molecule has 3 heterocycles. The molecule has 0 radical (unpaired) electrons. The van der Waals surface area contributed by atoms with Gasteiger partial charge in [0, 0.05) is 48.5 Å². The van der Waals surface area contributed by atoms with Crippen molar-refractivity contribution in [3.63, 3.8) is 0 Å². The molecule has 1 aromatic carbocycles. The van der Waals surface area contributed by atoms with E-state index in [9.17, 15) is 4.79 Å². The van der Waals surface area contributed by atoms with Crippen LogP contribution in [0.3, 0.4) is 0 Å². The summed E-state index contributed by atoms with van der Waals surface area (Å²) in [6.07, 6.45) is 4.12. The second kappa shape index (κ2) is 8.00. The number of amides is 1. The summed E-state index contributed by atoms with van der Waals surface area (Å²) in [6, 6.07) is 8.02. The van der Waals surface area contributed by atoms with Crippen LogP contribution in [0.5, 0.6) is 0 Å². The van der Waals surface area contributed by atoms with Gasteiger partial charge in [0.1, 0.15) is 0 Å². The fourth-order valence-electron chi connectivity index (χ4n) is 4.33. The van der Waals surface area contributed by atoms with E-state index in [2.05, 4.69) is 27.1 Å². The number of hydrogen-bond donors (Lipinski definition) is 1. The van der Waals surface area contributed by atoms with Gasteiger partial charge in [-0.2, -0.15) is 5.10 Å². The molecule has 29 heavy (non-hydrogen) atoms. The van der Waals surface area contributed by atoms with Crippen LogP contribution >= 0.6 is 0 Å². The van der Waals surface area contributed by atoms with Crippen molar-refractivity contribution in [2.45, 2.75) is 25.5 Å². The average Bonchev–Trinajstić information content (AvgIpc) is 3.24. The van der Waals surface area contributed by atoms with Crippen LogP contribution in [0.2, 0.25) is 0 Å². The Bertz CT molecular complexity index is 1010. The molecular weight excluding hydrogens is 366 g/mol. The van der Waals surface area contributed by atoms with E-state index in [-0.39, 0.29) is 18.1 Å². The van der Waals surface area contributed by atoms with E-state index in [1.54, 1.807) is 4.68 Å². The van der Waals surface area contributed by atoms with Crippen LogP contribution in [-0.2, 0) is 23.0 Å². The number of H-pyrrole nitrogens is 1. The monoisotopic (exact) mass is 395 g/mol. The number of nitrogens with zero attached hydrogens (tertiary/aromatic N) is 4. The number of likely N-dealkylation sites (N-methyl/N-ethyl adjacent to an activating group) is 1. The van der Waals surface area contributed by atoms with E-state index in [0.717, 1.165) is 34.3 Å². The Morgan fingerprint density at radius 3 is 2.86 bits per heavy atom. The lowest BCUT2D eigenvalue weighted by Crippen LogP contribution is -2.51. The summed E-state index contributed by atoms with van der Waals surface area (Å²) in [4.78, 5) is 21.0. The molecule has 1 saturated heterocycles. The highest BCUT2D eigenvalue weighted by molar-refractivity contribution is 5.90. The van der Waals surface area contributed by atoms with Crippen LogP contribution in [0, 0.1) is 6.92 Å². The maximum absolute atomic E-state index is 13.5. The van der Waals surface area contributed by atoms with Gasteiger partial charge in [0.15, 0.2) is 0 Å². The Morgan fingerprint density at radius 1 is 1.34 bits per heavy atom. The summed E-state index contributed by atoms with van der Waals surface area (Å²) in [7, 11) is 5.95. The molecule has 3 aromatic rings. The van der Waals surface area contributed by atoms with Crippen LogP contribution in [0.25, 0.3) is 10.9 Å². The van der Waals surface area contributed by atoms with Gasteiger partial charge in [-0.15, -0.1) is 0 Å². The van der Waals surface area contributed by atoms with Gasteiger partial charge in [0.2, 0.25) is 5.91 Å². The minimum atomic E-state index is -0.141. The van der Waals surface area contributed by atoms with Crippen molar-refractivity contribution >= 4 is 16.8 Å². The Kier molecular flexibility index (Phi) is 5.43. The van der Waals surface area contributed by atoms with Gasteiger partial charge in [-0.25, -0.2) is 0 Å². The molecule has 0 bridgehead atoms. The van der Waals surface area contributed by atoms with Crippen LogP contribution in [0.4, 0.5) is 0 Å². The number of benzene rings is 1. The number of para-hydroxylation sites is 1. The Morgan fingerprint density at radius 2 is 2.14 bits per heavy atom. The predicted octanol–water partition coefficient (Wildman–Crippen LogP) is 2.28. The molecule has 0 unspecified atom stereocenters. The quantitative estimate of drug-likeness (QED) is 0.720. The molecule has 154 valence electrons. The normalized spacial score (nSPS) is 20.0. The minimum Gasteiger partial charge on any atom is -0.373 e. The fraction of sp³-hybridized carbons (Fsp3) is 0.455. The summed E-state index contributed by atoms with van der Waals surface area (Å²) in [5.74, 6) is 0.124. The Labute approximate surface area is 171 Å². The van der Waals surface area contributed by atoms with Crippen molar-refractivity contribution in [1.29, 1.82) is 0 Å². The lowest BCUT2D eigenvalue weighted by atomic mass is 9.98. The third kappa shape index (κ3) is 3.93. The van der Waals surface area contributed by atoms with Crippen molar-refractivity contribution in [3.8, 4) is 0 Å². The maximum Gasteiger partial charge on any atom is 0.227 e. The zero-order valence-electron chi connectivity index (χ0n) is 17.6. The molecule has 0 saturated carbocycles. The van der Waals surface area contributed by atoms with Gasteiger partial charge >= 0.3 is 0 Å². The second-order valence-electron chi connectivity index (χ2n) is 8.10. The molecule has 0 aliphatic carbocycles. The van der Waals surface area contributed by atoms with Crippen LogP contribution in [0.1, 0.15) is 22.9 Å². The molecule has 1 amide bonds. The van der Waals surface area contributed by atoms with E-state index in [1.807, 2.05) is 57.5 Å². The molecule has 2 atom stereocenters. The summed E-state index contributed by atoms with van der Waals surface area (Å²) in [6.45, 7) is 3.92. The Balaban J connectivity index is 1.65. The Hall–Kier alpha value is -2.64. The highest BCUT2D eigenvalue weighted by Gasteiger charge is 2.37. The van der Waals surface area contributed by atoms with E-state index in [1.165, 1.54) is 0 Å². The molecule has 2 aromatic heterocycles. The first-order valence-electron chi connectivity index (χ1n) is 10.0. The minimum absolute atomic E-state index is 0.0871. The van der Waals surface area contributed by atoms with Crippen molar-refractivity contribution in [3.05, 3.63) is 53.5 Å². The number of rotatable bonds is 5. The SMILES string of the molecule is Cc1[nH]c2ccccc2c1CC(=O)N1CCO[C@@H](CN(C)C)[C@@H]1c1cnn(C)c1. The first-order valence-corrected chi connectivity index (χ1v) is 10.0. The van der Waals surface area contributed by atoms with Gasteiger partial charge in [-0.05, 0) is 32.6 Å². The topological polar surface area (TPSA) is 66.4 Å². The molecule has 0 spiro atoms. The number of morpholine rings is 1. The number of aryl methyl sites for hydroxylation is 2. The summed E-state index contributed by atoms with van der Waals surface area (Å²) >= 11 is 0. The van der Waals surface area contributed by atoms with Crippen molar-refractivity contribution in [1.82, 2.24) is 24.6 Å². The molecule has 4 rings (SSSR count). The fourth-order valence-corrected chi connectivity index (χ4v) is 4.33. The zero-order chi connectivity index (χ0) is 20.5. The largest absolute Gasteiger partial charge is 0.373 e. The van der Waals surface area contributed by atoms with E-state index in [4.69, 9.17) is 4.74 Å². The molecule has 1 N–H and O–H groups in total. The van der Waals surface area contributed by atoms with Crippen molar-refractivity contribution in [2.75, 3.05) is 33.8 Å². The highest BCUT2D eigenvalue weighted by atomic mass is 16.5. The summed E-state index contributed by atoms with van der Waals surface area (Å²) in [5.41, 5.74) is 4.22. The van der Waals surface area contributed by atoms with E-state index >= 15 is 0 Å². The maximum atomic E-state index is 13.5. The van der Waals surface area contributed by atoms with Gasteiger partial charge in [0.05, 0.1) is 31.4 Å². The van der Waals surface area contributed by atoms with Crippen molar-refractivity contribution in [2.24, 2.45) is 7.05 Å². The van der Waals surface area contributed by atoms with Crippen molar-refractivity contribution < 1.29 is 9.53 Å². The number of ether oxygens (including phenoxy) is 1. The molecule has 1 fully saturated rings. The number of carbonyl (C=O) groups excluding carboxylic acids is 1. The lowest BCUT2D eigenvalue weighted by Gasteiger charge is -2.42. The molecule has 1 aliphatic heterocycles. The molecular formula is C22H29N5O2. The summed E-state index contributed by atoms with van der Waals surface area (Å²) < 4.78 is 7.88. The number of fused-ring (bicyclic) bond motifs is 1. The van der Waals surface area contributed by atoms with E-state index < -0.39 is 0 Å². The van der Waals surface area contributed by atoms with Crippen LogP contribution in [-0.4, -0.2) is 70.4 Å². The van der Waals surface area contributed by atoms with Gasteiger partial charge in [-0.3, -0.25) is 9.48 Å². The standard InChI is InChI=1S/C22H29N5O2/c1-15-18(17-7-5-6-8-19(17)24-15)11-21(28)27-9-10-29-20(14-25(2)3)22(27)16-12-23-26(4)13-16/h5-8,12-13,20,22,24H,9-11,14H2,1-4H3/t20-,22-/m0/s1. The number of hydrogen-bond acceptors (Lipinski definition) is 4. The highest BCUT2D eigenvalue weighted by Crippen LogP contribution is 2.31. The predicted molar refractivity (Wildman–Crippen MR) is 113 cm³/mol. The number of carbonyl (C=O) groups is 1. The molecule has 7 heteroatoms. The molecule has 7 nitrogen and oxygen atoms in total. The second-order valence-corrected chi connectivity index (χ2v) is 8.10.